The van der Waals surface area contributed by atoms with Gasteiger partial charge in [0.2, 0.25) is 0 Å². The number of rotatable bonds is 8. The van der Waals surface area contributed by atoms with Crippen molar-refractivity contribution in [3.05, 3.63) is 65.6 Å². The van der Waals surface area contributed by atoms with Crippen LogP contribution in [0.5, 0.6) is 5.75 Å². The Hall–Kier alpha value is -2.33. The molecule has 0 bridgehead atoms. The van der Waals surface area contributed by atoms with Crippen LogP contribution in [0.2, 0.25) is 0 Å². The summed E-state index contributed by atoms with van der Waals surface area (Å²) in [6, 6.07) is 13.0. The fourth-order valence-corrected chi connectivity index (χ4v) is 3.60. The molecule has 0 radical (unpaired) electrons. The van der Waals surface area contributed by atoms with E-state index in [4.69, 9.17) is 4.74 Å². The number of halogens is 2. The average molecular weight is 539 g/mol. The number of nitrogens with zero attached hydrogens (tertiary/aromatic N) is 2. The first kappa shape index (κ1) is 24.9. The zero-order valence-corrected chi connectivity index (χ0v) is 20.7. The Morgan fingerprint density at radius 3 is 2.68 bits per heavy atom. The molecule has 0 aliphatic carbocycles. The Morgan fingerprint density at radius 2 is 1.97 bits per heavy atom. The van der Waals surface area contributed by atoms with Crippen LogP contribution in [0.3, 0.4) is 0 Å². The highest BCUT2D eigenvalue weighted by molar-refractivity contribution is 14.0. The summed E-state index contributed by atoms with van der Waals surface area (Å²) in [5.41, 5.74) is 3.14. The van der Waals surface area contributed by atoms with E-state index in [9.17, 15) is 4.39 Å². The Bertz CT molecular complexity index is 1000. The van der Waals surface area contributed by atoms with Crippen LogP contribution < -0.4 is 15.4 Å². The molecule has 1 aromatic heterocycles. The van der Waals surface area contributed by atoms with Gasteiger partial charge in [0, 0.05) is 42.8 Å². The van der Waals surface area contributed by atoms with Crippen LogP contribution in [0, 0.1) is 5.82 Å². The predicted molar refractivity (Wildman–Crippen MR) is 136 cm³/mol. The molecular weight excluding hydrogens is 508 g/mol. The number of likely N-dealkylation sites (N-methyl/N-ethyl adjacent to an activating group) is 1. The third-order valence-corrected chi connectivity index (χ3v) is 5.22. The molecule has 0 saturated heterocycles. The van der Waals surface area contributed by atoms with E-state index in [1.165, 1.54) is 6.07 Å². The van der Waals surface area contributed by atoms with Crippen LogP contribution in [0.4, 0.5) is 4.39 Å². The number of aromatic amines is 1. The number of aromatic nitrogens is 1. The Balaban J connectivity index is 0.00000341. The molecule has 0 saturated carbocycles. The molecular formula is C23H31FIN5O. The van der Waals surface area contributed by atoms with Gasteiger partial charge < -0.3 is 25.3 Å². The zero-order chi connectivity index (χ0) is 21.5. The largest absolute Gasteiger partial charge is 0.496 e. The number of benzene rings is 2. The van der Waals surface area contributed by atoms with Gasteiger partial charge in [0.05, 0.1) is 13.2 Å². The van der Waals surface area contributed by atoms with E-state index in [1.54, 1.807) is 26.3 Å². The fraction of sp³-hybridized carbons (Fsp3) is 0.348. The average Bonchev–Trinajstić information content (AvgIpc) is 3.14. The normalized spacial score (nSPS) is 12.5. The zero-order valence-electron chi connectivity index (χ0n) is 18.4. The minimum absolute atomic E-state index is 0. The maximum atomic E-state index is 13.6. The molecule has 2 aromatic carbocycles. The molecule has 0 amide bonds. The van der Waals surface area contributed by atoms with Crippen LogP contribution in [0.1, 0.15) is 17.2 Å². The lowest BCUT2D eigenvalue weighted by atomic mass is 10.0. The van der Waals surface area contributed by atoms with Gasteiger partial charge in [-0.25, -0.2) is 4.39 Å². The molecule has 6 nitrogen and oxygen atoms in total. The lowest BCUT2D eigenvalue weighted by Crippen LogP contribution is -2.42. The van der Waals surface area contributed by atoms with Crippen molar-refractivity contribution in [2.75, 3.05) is 41.3 Å². The molecule has 0 aliphatic heterocycles. The first-order valence-corrected chi connectivity index (χ1v) is 10.0. The van der Waals surface area contributed by atoms with Gasteiger partial charge in [-0.05, 0) is 50.3 Å². The van der Waals surface area contributed by atoms with Crippen LogP contribution in [0.25, 0.3) is 10.9 Å². The number of ether oxygens (including phenoxy) is 1. The van der Waals surface area contributed by atoms with E-state index in [0.29, 0.717) is 13.1 Å². The maximum absolute atomic E-state index is 13.6. The molecule has 8 heteroatoms. The highest BCUT2D eigenvalue weighted by atomic mass is 127. The third-order valence-electron chi connectivity index (χ3n) is 5.22. The number of methoxy groups -OCH3 is 1. The SMILES string of the molecule is CN=C(NCCc1c[nH]c2ccc(F)cc12)NCC(c1ccccc1OC)N(C)C.I. The van der Waals surface area contributed by atoms with Gasteiger partial charge in [0.15, 0.2) is 5.96 Å². The van der Waals surface area contributed by atoms with Crippen molar-refractivity contribution in [3.8, 4) is 5.75 Å². The van der Waals surface area contributed by atoms with Gasteiger partial charge >= 0.3 is 0 Å². The smallest absolute Gasteiger partial charge is 0.191 e. The summed E-state index contributed by atoms with van der Waals surface area (Å²) >= 11 is 0. The minimum atomic E-state index is -0.222. The van der Waals surface area contributed by atoms with Crippen LogP contribution >= 0.6 is 24.0 Å². The number of aliphatic imine (C=N–C) groups is 1. The molecule has 1 atom stereocenters. The summed E-state index contributed by atoms with van der Waals surface area (Å²) < 4.78 is 19.1. The van der Waals surface area contributed by atoms with Crippen molar-refractivity contribution in [3.63, 3.8) is 0 Å². The van der Waals surface area contributed by atoms with E-state index < -0.39 is 0 Å². The Kier molecular flexibility index (Phi) is 9.57. The molecule has 1 heterocycles. The highest BCUT2D eigenvalue weighted by Crippen LogP contribution is 2.27. The second kappa shape index (κ2) is 11.9. The first-order valence-electron chi connectivity index (χ1n) is 10.0. The molecule has 31 heavy (non-hydrogen) atoms. The third kappa shape index (κ3) is 6.33. The van der Waals surface area contributed by atoms with E-state index >= 15 is 0 Å². The first-order chi connectivity index (χ1) is 14.5. The van der Waals surface area contributed by atoms with Crippen LogP contribution in [-0.4, -0.2) is 57.2 Å². The fourth-order valence-electron chi connectivity index (χ4n) is 3.60. The minimum Gasteiger partial charge on any atom is -0.496 e. The number of guanidine groups is 1. The van der Waals surface area contributed by atoms with Crippen molar-refractivity contribution in [2.45, 2.75) is 12.5 Å². The number of para-hydroxylation sites is 1. The summed E-state index contributed by atoms with van der Waals surface area (Å²) in [6.07, 6.45) is 2.69. The molecule has 168 valence electrons. The lowest BCUT2D eigenvalue weighted by molar-refractivity contribution is 0.288. The summed E-state index contributed by atoms with van der Waals surface area (Å²) in [4.78, 5) is 9.67. The molecule has 3 rings (SSSR count). The molecule has 3 N–H and O–H groups in total. The molecule has 1 unspecified atom stereocenters. The van der Waals surface area contributed by atoms with E-state index in [1.807, 2.05) is 38.5 Å². The van der Waals surface area contributed by atoms with Crippen molar-refractivity contribution in [1.82, 2.24) is 20.5 Å². The second-order valence-corrected chi connectivity index (χ2v) is 7.36. The summed E-state index contributed by atoms with van der Waals surface area (Å²) in [5, 5.41) is 7.66. The Morgan fingerprint density at radius 1 is 1.19 bits per heavy atom. The van der Waals surface area contributed by atoms with Gasteiger partial charge in [-0.2, -0.15) is 0 Å². The second-order valence-electron chi connectivity index (χ2n) is 7.36. The van der Waals surface area contributed by atoms with Gasteiger partial charge in [-0.1, -0.05) is 18.2 Å². The quantitative estimate of drug-likeness (QED) is 0.231. The molecule has 0 spiro atoms. The number of hydrogen-bond donors (Lipinski definition) is 3. The predicted octanol–water partition coefficient (Wildman–Crippen LogP) is 3.94. The van der Waals surface area contributed by atoms with Crippen molar-refractivity contribution in [1.29, 1.82) is 0 Å². The highest BCUT2D eigenvalue weighted by Gasteiger charge is 2.18. The van der Waals surface area contributed by atoms with Crippen LogP contribution in [-0.2, 0) is 6.42 Å². The lowest BCUT2D eigenvalue weighted by Gasteiger charge is -2.27. The van der Waals surface area contributed by atoms with Crippen molar-refractivity contribution in [2.24, 2.45) is 4.99 Å². The number of fused-ring (bicyclic) bond motifs is 1. The van der Waals surface area contributed by atoms with E-state index in [0.717, 1.165) is 40.2 Å². The van der Waals surface area contributed by atoms with E-state index in [2.05, 4.69) is 31.6 Å². The van der Waals surface area contributed by atoms with Gasteiger partial charge in [-0.3, -0.25) is 4.99 Å². The van der Waals surface area contributed by atoms with Crippen molar-refractivity contribution < 1.29 is 9.13 Å². The van der Waals surface area contributed by atoms with Gasteiger partial charge in [0.25, 0.3) is 0 Å². The van der Waals surface area contributed by atoms with Crippen molar-refractivity contribution >= 4 is 40.8 Å². The summed E-state index contributed by atoms with van der Waals surface area (Å²) in [7, 11) is 7.54. The molecule has 3 aromatic rings. The Labute approximate surface area is 200 Å². The number of nitrogens with one attached hydrogen (secondary N) is 3. The topological polar surface area (TPSA) is 64.7 Å². The van der Waals surface area contributed by atoms with Gasteiger partial charge in [0.1, 0.15) is 11.6 Å². The molecule has 0 fully saturated rings. The monoisotopic (exact) mass is 539 g/mol. The van der Waals surface area contributed by atoms with Crippen LogP contribution in [0.15, 0.2) is 53.7 Å². The number of hydrogen-bond acceptors (Lipinski definition) is 3. The van der Waals surface area contributed by atoms with E-state index in [-0.39, 0.29) is 35.8 Å². The maximum Gasteiger partial charge on any atom is 0.191 e. The number of H-pyrrole nitrogens is 1. The standard InChI is InChI=1S/C23H30FN5O.HI/c1-25-23(26-12-11-16-14-27-20-10-9-17(24)13-19(16)20)28-15-21(29(2)3)18-7-5-6-8-22(18)30-4;/h5-10,13-14,21,27H,11-12,15H2,1-4H3,(H2,25,26,28);1H. The molecule has 0 aliphatic rings. The summed E-state index contributed by atoms with van der Waals surface area (Å²) in [6.45, 7) is 1.36. The summed E-state index contributed by atoms with van der Waals surface area (Å²) in [5.74, 6) is 1.37. The van der Waals surface area contributed by atoms with Gasteiger partial charge in [-0.15, -0.1) is 24.0 Å².